The first-order valence-corrected chi connectivity index (χ1v) is 11.0. The van der Waals surface area contributed by atoms with E-state index in [-0.39, 0.29) is 17.9 Å². The van der Waals surface area contributed by atoms with Gasteiger partial charge in [0, 0.05) is 11.1 Å². The summed E-state index contributed by atoms with van der Waals surface area (Å²) < 4.78 is 31.5. The lowest BCUT2D eigenvalue weighted by atomic mass is 10.2. The minimum Gasteiger partial charge on any atom is -0.357 e. The summed E-state index contributed by atoms with van der Waals surface area (Å²) in [5.41, 5.74) is 3.77. The van der Waals surface area contributed by atoms with Crippen molar-refractivity contribution in [3.05, 3.63) is 71.1 Å². The molecule has 26 heavy (non-hydrogen) atoms. The van der Waals surface area contributed by atoms with Crippen molar-refractivity contribution in [1.29, 1.82) is 0 Å². The molecule has 1 atom stereocenters. The maximum Gasteiger partial charge on any atom is 0.154 e. The van der Waals surface area contributed by atoms with Gasteiger partial charge in [-0.05, 0) is 40.1 Å². The van der Waals surface area contributed by atoms with Gasteiger partial charge in [0.2, 0.25) is 0 Å². The Kier molecular flexibility index (Phi) is 6.39. The molecule has 2 aromatic carbocycles. The molecule has 2 N–H and O–H groups in total. The Balaban J connectivity index is 1.54. The molecule has 0 aliphatic rings. The Bertz CT molecular complexity index is 938. The van der Waals surface area contributed by atoms with E-state index < -0.39 is 16.1 Å². The van der Waals surface area contributed by atoms with E-state index in [4.69, 9.17) is 4.74 Å². The van der Waals surface area contributed by atoms with Crippen LogP contribution in [0.4, 0.5) is 0 Å². The highest BCUT2D eigenvalue weighted by atomic mass is 32.2. The lowest BCUT2D eigenvalue weighted by Gasteiger charge is -2.16. The molecule has 1 aromatic heterocycles. The standard InChI is InChI=1S/C19H21NO4S2/c21-20-19(24-13-15-4-2-1-3-5-15)9-11-26(22,23)14-16-6-7-18-17(12-16)8-10-25-18/h1-8,10,12,19-21H,9,11,13-14H2. The van der Waals surface area contributed by atoms with E-state index in [9.17, 15) is 13.6 Å². The maximum absolute atomic E-state index is 12.4. The van der Waals surface area contributed by atoms with E-state index >= 15 is 0 Å². The van der Waals surface area contributed by atoms with Crippen LogP contribution in [0.15, 0.2) is 60.0 Å². The van der Waals surface area contributed by atoms with E-state index in [0.717, 1.165) is 21.2 Å². The van der Waals surface area contributed by atoms with Crippen LogP contribution in [-0.4, -0.2) is 25.6 Å². The van der Waals surface area contributed by atoms with Crippen LogP contribution < -0.4 is 5.48 Å². The summed E-state index contributed by atoms with van der Waals surface area (Å²) in [6.07, 6.45) is -0.559. The summed E-state index contributed by atoms with van der Waals surface area (Å²) in [4.78, 5) is 0. The summed E-state index contributed by atoms with van der Waals surface area (Å²) >= 11 is 1.63. The van der Waals surface area contributed by atoms with Crippen LogP contribution in [0.25, 0.3) is 10.1 Å². The van der Waals surface area contributed by atoms with Gasteiger partial charge >= 0.3 is 0 Å². The van der Waals surface area contributed by atoms with Gasteiger partial charge in [0.1, 0.15) is 6.23 Å². The predicted molar refractivity (Wildman–Crippen MR) is 104 cm³/mol. The van der Waals surface area contributed by atoms with E-state index in [2.05, 4.69) is 0 Å². The molecule has 3 aromatic rings. The van der Waals surface area contributed by atoms with Crippen LogP contribution in [0.2, 0.25) is 0 Å². The van der Waals surface area contributed by atoms with Crippen molar-refractivity contribution in [2.24, 2.45) is 0 Å². The van der Waals surface area contributed by atoms with Gasteiger partial charge in [0.25, 0.3) is 0 Å². The van der Waals surface area contributed by atoms with Crippen LogP contribution in [0.5, 0.6) is 0 Å². The number of benzene rings is 2. The zero-order chi connectivity index (χ0) is 18.4. The third kappa shape index (κ3) is 5.36. The molecule has 1 heterocycles. The third-order valence-electron chi connectivity index (χ3n) is 4.03. The molecule has 138 valence electrons. The first kappa shape index (κ1) is 19.0. The van der Waals surface area contributed by atoms with Crippen molar-refractivity contribution in [2.75, 3.05) is 5.75 Å². The minimum atomic E-state index is -3.30. The monoisotopic (exact) mass is 391 g/mol. The van der Waals surface area contributed by atoms with Gasteiger partial charge in [-0.3, -0.25) is 0 Å². The molecule has 5 nitrogen and oxygen atoms in total. The van der Waals surface area contributed by atoms with Crippen molar-refractivity contribution in [3.63, 3.8) is 0 Å². The second-order valence-electron chi connectivity index (χ2n) is 6.09. The van der Waals surface area contributed by atoms with E-state index in [1.807, 2.05) is 65.5 Å². The predicted octanol–water partition coefficient (Wildman–Crippen LogP) is 3.73. The molecule has 7 heteroatoms. The maximum atomic E-state index is 12.4. The van der Waals surface area contributed by atoms with Crippen LogP contribution in [0.1, 0.15) is 17.5 Å². The summed E-state index contributed by atoms with van der Waals surface area (Å²) in [5.74, 6) is -0.0860. The normalized spacial score (nSPS) is 13.1. The van der Waals surface area contributed by atoms with Gasteiger partial charge < -0.3 is 9.94 Å². The molecule has 0 aliphatic heterocycles. The largest absolute Gasteiger partial charge is 0.357 e. The van der Waals surface area contributed by atoms with Gasteiger partial charge in [-0.1, -0.05) is 36.4 Å². The fourth-order valence-electron chi connectivity index (χ4n) is 2.67. The Morgan fingerprint density at radius 1 is 1.08 bits per heavy atom. The lowest BCUT2D eigenvalue weighted by molar-refractivity contribution is -0.0610. The number of hydrogen-bond donors (Lipinski definition) is 2. The van der Waals surface area contributed by atoms with Crippen molar-refractivity contribution >= 4 is 31.3 Å². The molecule has 3 rings (SSSR count). The van der Waals surface area contributed by atoms with Crippen molar-refractivity contribution in [2.45, 2.75) is 25.0 Å². The zero-order valence-electron chi connectivity index (χ0n) is 14.2. The number of thiophene rings is 1. The minimum absolute atomic E-state index is 0.0182. The molecule has 0 saturated carbocycles. The smallest absolute Gasteiger partial charge is 0.154 e. The third-order valence-corrected chi connectivity index (χ3v) is 6.56. The first-order valence-electron chi connectivity index (χ1n) is 8.27. The fourth-order valence-corrected chi connectivity index (χ4v) is 4.85. The van der Waals surface area contributed by atoms with Crippen molar-refractivity contribution in [1.82, 2.24) is 5.48 Å². The van der Waals surface area contributed by atoms with Gasteiger partial charge in [0.05, 0.1) is 18.1 Å². The molecule has 0 saturated heterocycles. The van der Waals surface area contributed by atoms with Crippen LogP contribution in [0.3, 0.4) is 0 Å². The van der Waals surface area contributed by atoms with Gasteiger partial charge in [0.15, 0.2) is 9.84 Å². The van der Waals surface area contributed by atoms with Gasteiger partial charge in [-0.2, -0.15) is 5.48 Å². The highest BCUT2D eigenvalue weighted by Gasteiger charge is 2.17. The molecule has 0 radical (unpaired) electrons. The highest BCUT2D eigenvalue weighted by Crippen LogP contribution is 2.23. The van der Waals surface area contributed by atoms with E-state index in [1.54, 1.807) is 11.3 Å². The quantitative estimate of drug-likeness (QED) is 0.429. The Morgan fingerprint density at radius 2 is 1.88 bits per heavy atom. The number of hydroxylamine groups is 1. The number of rotatable bonds is 9. The van der Waals surface area contributed by atoms with Crippen molar-refractivity contribution in [3.8, 4) is 0 Å². The molecule has 0 amide bonds. The average Bonchev–Trinajstić information content (AvgIpc) is 3.10. The second kappa shape index (κ2) is 8.75. The van der Waals surface area contributed by atoms with E-state index in [1.165, 1.54) is 0 Å². The fraction of sp³-hybridized carbons (Fsp3) is 0.263. The summed E-state index contributed by atoms with van der Waals surface area (Å²) in [5, 5.41) is 12.3. The van der Waals surface area contributed by atoms with Gasteiger partial charge in [-0.25, -0.2) is 8.42 Å². The summed E-state index contributed by atoms with van der Waals surface area (Å²) in [6, 6.07) is 17.2. The molecule has 0 aliphatic carbocycles. The summed E-state index contributed by atoms with van der Waals surface area (Å²) in [6.45, 7) is 0.300. The molecular formula is C19H21NO4S2. The topological polar surface area (TPSA) is 75.6 Å². The molecule has 1 unspecified atom stereocenters. The molecule has 0 spiro atoms. The SMILES string of the molecule is O=S(=O)(CCC(NO)OCc1ccccc1)Cc1ccc2sccc2c1. The van der Waals surface area contributed by atoms with Gasteiger partial charge in [-0.15, -0.1) is 11.3 Å². The molecular weight excluding hydrogens is 370 g/mol. The van der Waals surface area contributed by atoms with Crippen LogP contribution >= 0.6 is 11.3 Å². The number of ether oxygens (including phenoxy) is 1. The lowest BCUT2D eigenvalue weighted by Crippen LogP contribution is -2.31. The second-order valence-corrected chi connectivity index (χ2v) is 9.22. The number of fused-ring (bicyclic) bond motifs is 1. The number of nitrogens with one attached hydrogen (secondary N) is 1. The Hall–Kier alpha value is -1.77. The Morgan fingerprint density at radius 3 is 2.65 bits per heavy atom. The molecule has 0 bridgehead atoms. The van der Waals surface area contributed by atoms with Crippen molar-refractivity contribution < 1.29 is 18.4 Å². The van der Waals surface area contributed by atoms with E-state index in [0.29, 0.717) is 6.61 Å². The number of hydrogen-bond acceptors (Lipinski definition) is 6. The van der Waals surface area contributed by atoms with Crippen LogP contribution in [0, 0.1) is 0 Å². The number of sulfone groups is 1. The molecule has 0 fully saturated rings. The first-order chi connectivity index (χ1) is 12.6. The average molecular weight is 392 g/mol. The zero-order valence-corrected chi connectivity index (χ0v) is 15.8. The van der Waals surface area contributed by atoms with Crippen LogP contribution in [-0.2, 0) is 26.9 Å². The highest BCUT2D eigenvalue weighted by molar-refractivity contribution is 7.90. The Labute approximate surface area is 157 Å². The summed E-state index contributed by atoms with van der Waals surface area (Å²) in [7, 11) is -3.30.